The molecule has 0 aliphatic heterocycles. The van der Waals surface area contributed by atoms with Crippen LogP contribution in [0.1, 0.15) is 378 Å². The van der Waals surface area contributed by atoms with E-state index < -0.39 is 0 Å². The maximum Gasteiger partial charge on any atom is 0.0934 e. The maximum absolute atomic E-state index is 5.31. The summed E-state index contributed by atoms with van der Waals surface area (Å²) in [4.78, 5) is 0. The zero-order chi connectivity index (χ0) is 86.7. The molecule has 648 valence electrons. The van der Waals surface area contributed by atoms with Gasteiger partial charge < -0.3 is 8.83 Å². The van der Waals surface area contributed by atoms with Crippen molar-refractivity contribution in [2.45, 2.75) is 381 Å². The van der Waals surface area contributed by atoms with Gasteiger partial charge in [0.15, 0.2) is 0 Å². The number of terminal acetylenes is 1. The normalized spacial score (nSPS) is 13.7. The fraction of sp³-hybridized carbons (Fsp3) is 0.509. The molecule has 0 saturated heterocycles. The molecule has 0 N–H and O–H groups in total. The third kappa shape index (κ3) is 69.2. The summed E-state index contributed by atoms with van der Waals surface area (Å²) < 4.78 is 10.2. The maximum atomic E-state index is 5.31. The van der Waals surface area contributed by atoms with Crippen LogP contribution >= 0.6 is 22.7 Å². The minimum Gasteiger partial charge on any atom is -0.472 e. The number of unbranched alkanes of at least 4 members (excludes halogenated alkanes) is 2. The first-order valence-electron chi connectivity index (χ1n) is 45.6. The number of allylic oxidation sites excluding steroid dienone is 35. The van der Waals surface area contributed by atoms with E-state index in [1.54, 1.807) is 35.2 Å². The number of aryl methyl sites for hydroxylation is 4. The van der Waals surface area contributed by atoms with Gasteiger partial charge in [-0.3, -0.25) is 0 Å². The number of rotatable bonds is 58. The fourth-order valence-electron chi connectivity index (χ4n) is 13.4. The van der Waals surface area contributed by atoms with E-state index in [9.17, 15) is 0 Å². The molecule has 0 bridgehead atoms. The lowest BCUT2D eigenvalue weighted by Crippen LogP contribution is -1.84. The molecule has 0 radical (unpaired) electrons. The molecule has 0 aliphatic carbocycles. The summed E-state index contributed by atoms with van der Waals surface area (Å²) in [5.74, 6) is 8.84. The van der Waals surface area contributed by atoms with E-state index in [1.807, 2.05) is 37.7 Å². The van der Waals surface area contributed by atoms with Crippen molar-refractivity contribution in [2.24, 2.45) is 0 Å². The van der Waals surface area contributed by atoms with Crippen LogP contribution in [0.15, 0.2) is 291 Å². The van der Waals surface area contributed by atoms with Gasteiger partial charge in [-0.1, -0.05) is 205 Å². The number of furan rings is 2. The van der Waals surface area contributed by atoms with Crippen LogP contribution in [0.2, 0.25) is 0 Å². The van der Waals surface area contributed by atoms with Crippen LogP contribution in [0.5, 0.6) is 0 Å². The first-order chi connectivity index (χ1) is 57.0. The lowest BCUT2D eigenvalue weighted by Gasteiger charge is -2.03. The summed E-state index contributed by atoms with van der Waals surface area (Å²) in [7, 11) is 0. The Labute approximate surface area is 736 Å². The SMILES string of the molecule is C#CCCC/C(C)=C/CC/C(C)=C/CC/C(C)=C/CC/C(C)=C/CCc1ccsc1.C/C=C/C/C(C)=C/CC/C(C)=C/CC/C(C)=C/CC/C(C)=C/CCc1ccoc1.C=CC/C(C)=C/CC/C(C)=C/CC/C(C)=C/CC/C(C)=C/CCc1ccoc1.CC#CCCC/C(C)=C/CC/C(C)=C/CC/C(C)=C/CC/C(C)=C/CCc1ccsc1. The largest absolute Gasteiger partial charge is 0.472 e. The molecule has 0 fully saturated rings. The van der Waals surface area contributed by atoms with Crippen molar-refractivity contribution >= 4 is 22.7 Å². The van der Waals surface area contributed by atoms with E-state index in [4.69, 9.17) is 15.3 Å². The second-order valence-corrected chi connectivity index (χ2v) is 35.1. The van der Waals surface area contributed by atoms with Gasteiger partial charge in [-0.05, 0) is 437 Å². The lowest BCUT2D eigenvalue weighted by molar-refractivity contribution is 0.563. The predicted octanol–water partition coefficient (Wildman–Crippen LogP) is 37.8. The molecular formula is C114H168O2S2. The molecule has 4 heterocycles. The van der Waals surface area contributed by atoms with E-state index in [1.165, 1.54) is 227 Å². The molecule has 118 heavy (non-hydrogen) atoms. The Morgan fingerprint density at radius 2 is 0.568 bits per heavy atom. The van der Waals surface area contributed by atoms with E-state index >= 15 is 0 Å². The molecule has 4 rings (SSSR count). The zero-order valence-corrected chi connectivity index (χ0v) is 80.2. The number of thiophene rings is 2. The Kier molecular flexibility index (Phi) is 69.5. The third-order valence-electron chi connectivity index (χ3n) is 21.5. The molecular weight excluding hydrogens is 1470 g/mol. The van der Waals surface area contributed by atoms with Crippen molar-refractivity contribution in [3.05, 3.63) is 304 Å². The van der Waals surface area contributed by atoms with Gasteiger partial charge in [0, 0.05) is 12.8 Å². The van der Waals surface area contributed by atoms with Crippen molar-refractivity contribution in [2.75, 3.05) is 0 Å². The molecule has 4 aromatic heterocycles. The van der Waals surface area contributed by atoms with Crippen LogP contribution < -0.4 is 0 Å². The Bertz CT molecular complexity index is 3890. The monoisotopic (exact) mass is 1630 g/mol. The summed E-state index contributed by atoms with van der Waals surface area (Å²) in [5, 5.41) is 8.85. The van der Waals surface area contributed by atoms with Gasteiger partial charge in [0.25, 0.3) is 0 Å². The molecule has 0 unspecified atom stereocenters. The first kappa shape index (κ1) is 108. The number of hydrogen-bond acceptors (Lipinski definition) is 4. The molecule has 0 saturated carbocycles. The summed E-state index contributed by atoms with van der Waals surface area (Å²) >= 11 is 3.58. The second-order valence-electron chi connectivity index (χ2n) is 33.6. The quantitative estimate of drug-likeness (QED) is 0.0250. The van der Waals surface area contributed by atoms with Crippen LogP contribution in [-0.4, -0.2) is 0 Å². The Morgan fingerprint density at radius 3 is 0.797 bits per heavy atom. The Hall–Kier alpha value is -7.60. The Morgan fingerprint density at radius 1 is 0.322 bits per heavy atom. The summed E-state index contributed by atoms with van der Waals surface area (Å²) in [5.41, 5.74) is 29.6. The molecule has 0 spiro atoms. The van der Waals surface area contributed by atoms with Gasteiger partial charge in [0.1, 0.15) is 0 Å². The van der Waals surface area contributed by atoms with Gasteiger partial charge in [0.05, 0.1) is 25.1 Å². The fourth-order valence-corrected chi connectivity index (χ4v) is 14.8. The van der Waals surface area contributed by atoms with Crippen molar-refractivity contribution in [3.63, 3.8) is 0 Å². The van der Waals surface area contributed by atoms with Crippen LogP contribution in [0.3, 0.4) is 0 Å². The third-order valence-corrected chi connectivity index (χ3v) is 22.9. The standard InChI is InChI=1S/C30H44S.C29H42S.C28H42O.C27H40O/c1-6-7-8-9-14-26(2)15-10-16-27(3)17-11-18-28(4)19-12-20-29(5)21-13-22-30-23-24-31-25-30;1-6-7-8-13-25(2)14-9-15-26(3)16-10-17-27(4)18-11-19-28(5)20-12-21-29-22-23-30-24-29;1-6-7-12-24(2)13-8-14-25(3)15-9-16-26(4)17-10-18-27(5)19-11-20-28-21-22-29-23-28;1-6-11-23(2)12-7-13-24(3)14-8-15-25(4)16-9-17-26(5)18-10-19-27-20-21-28-22-27/h15,17,19,21,23-25H,8-14,16,18,20,22H2,1-5H3;1,14,16,18,20,22-24H,7-13,15,17,19,21H2,2-5H3;6-7,13,15,17,19,21-23H,8-12,14,16,18,20H2,1-5H3;6,12,14,16,18,20-22H,1,7-11,13,15,17,19H2,2-5H3/b26-15+,27-17+,28-19+,29-21+;25-14+,26-16+,27-18+,28-20+;7-6+,24-13+,25-15+,26-17+,27-19+;23-12+,24-14+,25-16+,26-18+. The molecule has 0 aromatic carbocycles. The van der Waals surface area contributed by atoms with E-state index in [-0.39, 0.29) is 0 Å². The van der Waals surface area contributed by atoms with Crippen molar-refractivity contribution in [1.29, 1.82) is 0 Å². The highest BCUT2D eigenvalue weighted by molar-refractivity contribution is 7.08. The smallest absolute Gasteiger partial charge is 0.0934 e. The molecule has 4 heteroatoms. The average Bonchev–Trinajstić information content (AvgIpc) is 1.81. The summed E-state index contributed by atoms with van der Waals surface area (Å²) in [6, 6.07) is 8.57. The first-order valence-corrected chi connectivity index (χ1v) is 47.5. The molecule has 2 nitrogen and oxygen atoms in total. The van der Waals surface area contributed by atoms with E-state index in [0.29, 0.717) is 0 Å². The molecule has 0 aliphatic rings. The molecule has 0 amide bonds. The summed E-state index contributed by atoms with van der Waals surface area (Å²) in [6.07, 6.45) is 103. The highest BCUT2D eigenvalue weighted by Gasteiger charge is 2.03. The lowest BCUT2D eigenvalue weighted by atomic mass is 10.0. The van der Waals surface area contributed by atoms with Gasteiger partial charge in [-0.15, -0.1) is 30.8 Å². The van der Waals surface area contributed by atoms with E-state index in [0.717, 1.165) is 141 Å². The second kappa shape index (κ2) is 75.6. The minimum absolute atomic E-state index is 0.891. The van der Waals surface area contributed by atoms with Crippen molar-refractivity contribution in [1.82, 2.24) is 0 Å². The number of hydrogen-bond donors (Lipinski definition) is 0. The highest BCUT2D eigenvalue weighted by atomic mass is 32.1. The van der Waals surface area contributed by atoms with Crippen LogP contribution in [-0.2, 0) is 25.7 Å². The van der Waals surface area contributed by atoms with Crippen molar-refractivity contribution < 1.29 is 8.83 Å². The highest BCUT2D eigenvalue weighted by Crippen LogP contribution is 2.23. The van der Waals surface area contributed by atoms with Gasteiger partial charge in [-0.25, -0.2) is 0 Å². The average molecular weight is 1630 g/mol. The predicted molar refractivity (Wildman–Crippen MR) is 534 cm³/mol. The van der Waals surface area contributed by atoms with E-state index in [2.05, 4.69) is 285 Å². The topological polar surface area (TPSA) is 26.3 Å². The van der Waals surface area contributed by atoms with Gasteiger partial charge >= 0.3 is 0 Å². The van der Waals surface area contributed by atoms with Crippen LogP contribution in [0.4, 0.5) is 0 Å². The van der Waals surface area contributed by atoms with Crippen LogP contribution in [0, 0.1) is 24.2 Å². The molecule has 4 aromatic rings. The van der Waals surface area contributed by atoms with Gasteiger partial charge in [-0.2, -0.15) is 22.7 Å². The Balaban J connectivity index is 0.000000787. The van der Waals surface area contributed by atoms with Crippen molar-refractivity contribution in [3.8, 4) is 24.2 Å². The van der Waals surface area contributed by atoms with Gasteiger partial charge in [0.2, 0.25) is 0 Å². The molecule has 0 atom stereocenters. The summed E-state index contributed by atoms with van der Waals surface area (Å²) in [6.45, 7) is 43.9. The minimum atomic E-state index is 0.891. The van der Waals surface area contributed by atoms with Crippen LogP contribution in [0.25, 0.3) is 0 Å². The zero-order valence-electron chi connectivity index (χ0n) is 78.6.